The van der Waals surface area contributed by atoms with Crippen molar-refractivity contribution >= 4 is 5.97 Å². The summed E-state index contributed by atoms with van der Waals surface area (Å²) in [5, 5.41) is 3.67. The van der Waals surface area contributed by atoms with Crippen LogP contribution in [0, 0.1) is 0 Å². The van der Waals surface area contributed by atoms with Crippen LogP contribution in [0.5, 0.6) is 5.75 Å². The van der Waals surface area contributed by atoms with Gasteiger partial charge in [-0.05, 0) is 31.2 Å². The smallest absolute Gasteiger partial charge is 0.436 e. The van der Waals surface area contributed by atoms with Crippen molar-refractivity contribution < 1.29 is 31.9 Å². The predicted octanol–water partition coefficient (Wildman–Crippen LogP) is 4.34. The normalized spacial score (nSPS) is 11.4. The molecule has 1 aromatic carbocycles. The topological polar surface area (TPSA) is 66.5 Å². The molecule has 0 radical (unpaired) electrons. The number of alkyl halides is 3. The third kappa shape index (κ3) is 3.40. The Morgan fingerprint density at radius 2 is 1.96 bits per heavy atom. The number of methoxy groups -OCH3 is 1. The molecule has 3 rings (SSSR count). The number of hydrogen-bond donors (Lipinski definition) is 0. The summed E-state index contributed by atoms with van der Waals surface area (Å²) in [4.78, 5) is 12.4. The molecule has 0 amide bonds. The molecule has 0 spiro atoms. The molecule has 0 aliphatic heterocycles. The number of halogens is 3. The zero-order chi connectivity index (χ0) is 19.6. The van der Waals surface area contributed by atoms with E-state index >= 15 is 0 Å². The van der Waals surface area contributed by atoms with E-state index in [4.69, 9.17) is 13.9 Å². The number of ether oxygens (including phenoxy) is 2. The molecule has 27 heavy (non-hydrogen) atoms. The monoisotopic (exact) mass is 380 g/mol. The average Bonchev–Trinajstić information content (AvgIpc) is 3.28. The van der Waals surface area contributed by atoms with Gasteiger partial charge in [0.1, 0.15) is 22.7 Å². The van der Waals surface area contributed by atoms with Gasteiger partial charge in [0, 0.05) is 0 Å². The van der Waals surface area contributed by atoms with E-state index in [-0.39, 0.29) is 29.5 Å². The van der Waals surface area contributed by atoms with Crippen molar-refractivity contribution in [3.05, 3.63) is 53.9 Å². The Morgan fingerprint density at radius 1 is 1.22 bits per heavy atom. The number of para-hydroxylation sites is 2. The van der Waals surface area contributed by atoms with Crippen LogP contribution in [0.25, 0.3) is 17.1 Å². The Balaban J connectivity index is 2.39. The molecule has 3 aromatic rings. The van der Waals surface area contributed by atoms with Crippen LogP contribution < -0.4 is 4.74 Å². The summed E-state index contributed by atoms with van der Waals surface area (Å²) in [5.41, 5.74) is -2.04. The molecule has 0 aliphatic rings. The van der Waals surface area contributed by atoms with Crippen LogP contribution in [-0.2, 0) is 10.9 Å². The van der Waals surface area contributed by atoms with Crippen LogP contribution in [0.15, 0.2) is 47.1 Å². The maximum absolute atomic E-state index is 13.6. The van der Waals surface area contributed by atoms with E-state index in [9.17, 15) is 18.0 Å². The van der Waals surface area contributed by atoms with E-state index in [2.05, 4.69) is 5.10 Å². The van der Waals surface area contributed by atoms with Gasteiger partial charge in [-0.2, -0.15) is 18.3 Å². The molecule has 0 saturated heterocycles. The van der Waals surface area contributed by atoms with Gasteiger partial charge in [-0.1, -0.05) is 12.1 Å². The minimum Gasteiger partial charge on any atom is -0.494 e. The molecule has 0 fully saturated rings. The van der Waals surface area contributed by atoms with E-state index < -0.39 is 23.4 Å². The second-order valence-electron chi connectivity index (χ2n) is 5.35. The van der Waals surface area contributed by atoms with Gasteiger partial charge in [0.25, 0.3) is 0 Å². The van der Waals surface area contributed by atoms with E-state index in [0.717, 1.165) is 4.68 Å². The number of aromatic nitrogens is 2. The molecule has 9 heteroatoms. The van der Waals surface area contributed by atoms with Gasteiger partial charge < -0.3 is 13.9 Å². The summed E-state index contributed by atoms with van der Waals surface area (Å²) in [7, 11) is 1.38. The van der Waals surface area contributed by atoms with Crippen LogP contribution >= 0.6 is 0 Å². The van der Waals surface area contributed by atoms with Crippen LogP contribution in [0.2, 0.25) is 0 Å². The molecule has 2 aromatic heterocycles. The standard InChI is InChI=1S/C18H15F3N2O4/c1-3-26-17(24)14-15(13-9-6-10-27-13)23(22-16(14)18(19,20)21)11-7-4-5-8-12(11)25-2/h4-10H,3H2,1-2H3. The fraction of sp³-hybridized carbons (Fsp3) is 0.222. The average molecular weight is 380 g/mol. The lowest BCUT2D eigenvalue weighted by Gasteiger charge is -2.11. The number of carbonyl (C=O) groups excluding carboxylic acids is 1. The first-order chi connectivity index (χ1) is 12.9. The number of carbonyl (C=O) groups is 1. The molecule has 0 atom stereocenters. The Morgan fingerprint density at radius 3 is 2.56 bits per heavy atom. The summed E-state index contributed by atoms with van der Waals surface area (Å²) in [6.45, 7) is 1.41. The van der Waals surface area contributed by atoms with Gasteiger partial charge in [0.15, 0.2) is 11.5 Å². The Labute approximate surface area is 152 Å². The lowest BCUT2D eigenvalue weighted by atomic mass is 10.1. The predicted molar refractivity (Wildman–Crippen MR) is 88.8 cm³/mol. The highest BCUT2D eigenvalue weighted by Crippen LogP contribution is 2.39. The first-order valence-electron chi connectivity index (χ1n) is 7.93. The summed E-state index contributed by atoms with van der Waals surface area (Å²) < 4.78 is 57.2. The highest BCUT2D eigenvalue weighted by molar-refractivity contribution is 5.97. The van der Waals surface area contributed by atoms with Gasteiger partial charge in [0.2, 0.25) is 0 Å². The number of esters is 1. The number of nitrogens with zero attached hydrogens (tertiary/aromatic N) is 2. The van der Waals surface area contributed by atoms with Crippen molar-refractivity contribution in [1.29, 1.82) is 0 Å². The van der Waals surface area contributed by atoms with E-state index in [1.54, 1.807) is 18.2 Å². The zero-order valence-electron chi connectivity index (χ0n) is 14.4. The third-order valence-corrected chi connectivity index (χ3v) is 3.70. The maximum atomic E-state index is 13.6. The van der Waals surface area contributed by atoms with Crippen molar-refractivity contribution in [1.82, 2.24) is 9.78 Å². The van der Waals surface area contributed by atoms with Crippen molar-refractivity contribution in [2.24, 2.45) is 0 Å². The minimum atomic E-state index is -4.88. The summed E-state index contributed by atoms with van der Waals surface area (Å²) in [5.74, 6) is -0.832. The van der Waals surface area contributed by atoms with Crippen molar-refractivity contribution in [3.63, 3.8) is 0 Å². The van der Waals surface area contributed by atoms with Crippen molar-refractivity contribution in [3.8, 4) is 22.9 Å². The van der Waals surface area contributed by atoms with Crippen LogP contribution in [-0.4, -0.2) is 29.5 Å². The SMILES string of the molecule is CCOC(=O)c1c(C(F)(F)F)nn(-c2ccccc2OC)c1-c1ccco1. The maximum Gasteiger partial charge on any atom is 0.436 e. The van der Waals surface area contributed by atoms with Crippen LogP contribution in [0.4, 0.5) is 13.2 Å². The van der Waals surface area contributed by atoms with E-state index in [1.807, 2.05) is 0 Å². The molecule has 0 N–H and O–H groups in total. The number of benzene rings is 1. The van der Waals surface area contributed by atoms with Gasteiger partial charge in [-0.3, -0.25) is 0 Å². The minimum absolute atomic E-state index is 0.0342. The molecular formula is C18H15F3N2O4. The number of hydrogen-bond acceptors (Lipinski definition) is 5. The largest absolute Gasteiger partial charge is 0.494 e. The fourth-order valence-corrected chi connectivity index (χ4v) is 2.63. The first kappa shape index (κ1) is 18.6. The molecule has 0 saturated carbocycles. The van der Waals surface area contributed by atoms with Crippen LogP contribution in [0.3, 0.4) is 0 Å². The number of rotatable bonds is 5. The fourth-order valence-electron chi connectivity index (χ4n) is 2.63. The lowest BCUT2D eigenvalue weighted by Crippen LogP contribution is -2.14. The quantitative estimate of drug-likeness (QED) is 0.616. The van der Waals surface area contributed by atoms with Gasteiger partial charge in [0.05, 0.1) is 20.0 Å². The molecule has 0 aliphatic carbocycles. The molecule has 0 bridgehead atoms. The molecule has 2 heterocycles. The number of furan rings is 1. The first-order valence-corrected chi connectivity index (χ1v) is 7.93. The summed E-state index contributed by atoms with van der Waals surface area (Å²) >= 11 is 0. The Hall–Kier alpha value is -3.23. The molecule has 142 valence electrons. The summed E-state index contributed by atoms with van der Waals surface area (Å²) in [6.07, 6.45) is -3.59. The van der Waals surface area contributed by atoms with Gasteiger partial charge in [-0.25, -0.2) is 9.48 Å². The lowest BCUT2D eigenvalue weighted by molar-refractivity contribution is -0.141. The Bertz CT molecular complexity index is 946. The van der Waals surface area contributed by atoms with Gasteiger partial charge in [-0.15, -0.1) is 0 Å². The zero-order valence-corrected chi connectivity index (χ0v) is 14.4. The summed E-state index contributed by atoms with van der Waals surface area (Å²) in [6, 6.07) is 9.30. The molecule has 0 unspecified atom stereocenters. The Kier molecular flexibility index (Phi) is 4.93. The molecule has 6 nitrogen and oxygen atoms in total. The van der Waals surface area contributed by atoms with E-state index in [1.165, 1.54) is 38.5 Å². The highest BCUT2D eigenvalue weighted by atomic mass is 19.4. The molecular weight excluding hydrogens is 365 g/mol. The second kappa shape index (κ2) is 7.18. The van der Waals surface area contributed by atoms with Crippen molar-refractivity contribution in [2.45, 2.75) is 13.1 Å². The second-order valence-corrected chi connectivity index (χ2v) is 5.35. The highest BCUT2D eigenvalue weighted by Gasteiger charge is 2.43. The van der Waals surface area contributed by atoms with Crippen LogP contribution in [0.1, 0.15) is 23.0 Å². The van der Waals surface area contributed by atoms with Gasteiger partial charge >= 0.3 is 12.1 Å². The van der Waals surface area contributed by atoms with Crippen molar-refractivity contribution in [2.75, 3.05) is 13.7 Å². The third-order valence-electron chi connectivity index (χ3n) is 3.70. The van der Waals surface area contributed by atoms with E-state index in [0.29, 0.717) is 0 Å².